The second-order valence-corrected chi connectivity index (χ2v) is 3.76. The minimum Gasteiger partial charge on any atom is -0.493 e. The molecule has 1 aromatic carbocycles. The molecule has 2 unspecified atom stereocenters. The normalized spacial score (nSPS) is 13.5. The first-order chi connectivity index (χ1) is 9.04. The molecule has 0 aromatic heterocycles. The summed E-state index contributed by atoms with van der Waals surface area (Å²) >= 11 is 0. The number of hydrogen-bond acceptors (Lipinski definition) is 6. The van der Waals surface area contributed by atoms with E-state index in [-0.39, 0.29) is 0 Å². The maximum absolute atomic E-state index is 11.2. The van der Waals surface area contributed by atoms with Crippen molar-refractivity contribution >= 4 is 5.97 Å². The standard InChI is InChI=1S/C13H18O6/c1-4-19-9-6-5-8(7-10(9)17-2)11(14)12(15)13(16)18-3/h5-7,11-12,14-15H,4H2,1-3H3. The van der Waals surface area contributed by atoms with Crippen LogP contribution in [0.5, 0.6) is 11.5 Å². The first-order valence-electron chi connectivity index (χ1n) is 5.79. The number of aliphatic hydroxyl groups excluding tert-OH is 2. The van der Waals surface area contributed by atoms with Gasteiger partial charge in [0.05, 0.1) is 20.8 Å². The zero-order chi connectivity index (χ0) is 14.4. The van der Waals surface area contributed by atoms with Crippen molar-refractivity contribution < 1.29 is 29.2 Å². The van der Waals surface area contributed by atoms with Crippen LogP contribution < -0.4 is 9.47 Å². The fraction of sp³-hybridized carbons (Fsp3) is 0.462. The van der Waals surface area contributed by atoms with E-state index in [2.05, 4.69) is 4.74 Å². The summed E-state index contributed by atoms with van der Waals surface area (Å²) in [6.07, 6.45) is -3.04. The monoisotopic (exact) mass is 270 g/mol. The van der Waals surface area contributed by atoms with E-state index in [9.17, 15) is 15.0 Å². The third kappa shape index (κ3) is 3.59. The van der Waals surface area contributed by atoms with Crippen molar-refractivity contribution in [1.29, 1.82) is 0 Å². The van der Waals surface area contributed by atoms with Crippen molar-refractivity contribution in [2.75, 3.05) is 20.8 Å². The number of carbonyl (C=O) groups is 1. The van der Waals surface area contributed by atoms with Crippen LogP contribution >= 0.6 is 0 Å². The zero-order valence-corrected chi connectivity index (χ0v) is 11.1. The Hall–Kier alpha value is -1.79. The number of rotatable bonds is 6. The van der Waals surface area contributed by atoms with Crippen molar-refractivity contribution in [2.45, 2.75) is 19.1 Å². The van der Waals surface area contributed by atoms with Crippen LogP contribution in [0.2, 0.25) is 0 Å². The van der Waals surface area contributed by atoms with Crippen LogP contribution in [0.25, 0.3) is 0 Å². The summed E-state index contributed by atoms with van der Waals surface area (Å²) in [5, 5.41) is 19.5. The number of ether oxygens (including phenoxy) is 3. The molecule has 106 valence electrons. The van der Waals surface area contributed by atoms with Gasteiger partial charge in [0.1, 0.15) is 6.10 Å². The van der Waals surface area contributed by atoms with Crippen molar-refractivity contribution in [1.82, 2.24) is 0 Å². The number of carbonyl (C=O) groups excluding carboxylic acids is 1. The van der Waals surface area contributed by atoms with Gasteiger partial charge in [0.25, 0.3) is 0 Å². The van der Waals surface area contributed by atoms with E-state index in [1.165, 1.54) is 13.2 Å². The Morgan fingerprint density at radius 1 is 1.26 bits per heavy atom. The lowest BCUT2D eigenvalue weighted by molar-refractivity contribution is -0.156. The molecular formula is C13H18O6. The van der Waals surface area contributed by atoms with Gasteiger partial charge >= 0.3 is 5.97 Å². The summed E-state index contributed by atoms with van der Waals surface area (Å²) in [6.45, 7) is 2.31. The molecule has 2 N–H and O–H groups in total. The van der Waals surface area contributed by atoms with E-state index in [0.29, 0.717) is 23.7 Å². The largest absolute Gasteiger partial charge is 0.493 e. The van der Waals surface area contributed by atoms with Crippen molar-refractivity contribution in [2.24, 2.45) is 0 Å². The minimum atomic E-state index is -1.65. The molecular weight excluding hydrogens is 252 g/mol. The third-order valence-electron chi connectivity index (χ3n) is 2.57. The lowest BCUT2D eigenvalue weighted by atomic mass is 10.0. The van der Waals surface area contributed by atoms with Gasteiger partial charge in [-0.1, -0.05) is 6.07 Å². The van der Waals surface area contributed by atoms with E-state index < -0.39 is 18.2 Å². The van der Waals surface area contributed by atoms with Gasteiger partial charge in [-0.2, -0.15) is 0 Å². The molecule has 0 spiro atoms. The fourth-order valence-corrected chi connectivity index (χ4v) is 1.57. The van der Waals surface area contributed by atoms with Gasteiger partial charge in [-0.05, 0) is 24.6 Å². The van der Waals surface area contributed by atoms with Crippen molar-refractivity contribution in [3.63, 3.8) is 0 Å². The smallest absolute Gasteiger partial charge is 0.337 e. The molecule has 0 saturated heterocycles. The zero-order valence-electron chi connectivity index (χ0n) is 11.1. The average Bonchev–Trinajstić information content (AvgIpc) is 2.45. The molecule has 0 aliphatic carbocycles. The number of hydrogen-bond donors (Lipinski definition) is 2. The van der Waals surface area contributed by atoms with Crippen LogP contribution in [-0.2, 0) is 9.53 Å². The minimum absolute atomic E-state index is 0.332. The summed E-state index contributed by atoms with van der Waals surface area (Å²) in [5.74, 6) is 0.0318. The molecule has 0 aliphatic heterocycles. The Labute approximate surface area is 111 Å². The van der Waals surface area contributed by atoms with Crippen LogP contribution in [0.15, 0.2) is 18.2 Å². The molecule has 6 heteroatoms. The predicted octanol–water partition coefficient (Wildman–Crippen LogP) is 0.661. The second-order valence-electron chi connectivity index (χ2n) is 3.76. The molecule has 0 aliphatic rings. The number of esters is 1. The van der Waals surface area contributed by atoms with E-state index in [1.54, 1.807) is 12.1 Å². The third-order valence-corrected chi connectivity index (χ3v) is 2.57. The molecule has 2 atom stereocenters. The van der Waals surface area contributed by atoms with Crippen LogP contribution in [0.4, 0.5) is 0 Å². The van der Waals surface area contributed by atoms with Gasteiger partial charge < -0.3 is 24.4 Å². The number of benzene rings is 1. The maximum atomic E-state index is 11.2. The Morgan fingerprint density at radius 2 is 1.95 bits per heavy atom. The lowest BCUT2D eigenvalue weighted by Crippen LogP contribution is -2.29. The predicted molar refractivity (Wildman–Crippen MR) is 67.1 cm³/mol. The molecule has 0 heterocycles. The fourth-order valence-electron chi connectivity index (χ4n) is 1.57. The summed E-state index contributed by atoms with van der Waals surface area (Å²) < 4.78 is 14.8. The molecule has 1 rings (SSSR count). The summed E-state index contributed by atoms with van der Waals surface area (Å²) in [7, 11) is 2.60. The SMILES string of the molecule is CCOc1ccc(C(O)C(O)C(=O)OC)cc1OC. The van der Waals surface area contributed by atoms with Crippen LogP contribution in [0.3, 0.4) is 0 Å². The van der Waals surface area contributed by atoms with Gasteiger partial charge in [-0.25, -0.2) is 4.79 Å². The van der Waals surface area contributed by atoms with Crippen molar-refractivity contribution in [3.8, 4) is 11.5 Å². The Bertz CT molecular complexity index is 431. The Balaban J connectivity index is 2.98. The topological polar surface area (TPSA) is 85.2 Å². The van der Waals surface area contributed by atoms with Crippen LogP contribution in [0.1, 0.15) is 18.6 Å². The van der Waals surface area contributed by atoms with E-state index in [1.807, 2.05) is 6.92 Å². The molecule has 0 saturated carbocycles. The van der Waals surface area contributed by atoms with Gasteiger partial charge in [0, 0.05) is 0 Å². The van der Waals surface area contributed by atoms with Crippen LogP contribution in [-0.4, -0.2) is 43.1 Å². The molecule has 1 aromatic rings. The van der Waals surface area contributed by atoms with Gasteiger partial charge in [-0.15, -0.1) is 0 Å². The Kier molecular flexibility index (Phi) is 5.59. The molecule has 19 heavy (non-hydrogen) atoms. The van der Waals surface area contributed by atoms with Gasteiger partial charge in [0.2, 0.25) is 0 Å². The highest BCUT2D eigenvalue weighted by molar-refractivity contribution is 5.75. The highest BCUT2D eigenvalue weighted by Crippen LogP contribution is 2.31. The lowest BCUT2D eigenvalue weighted by Gasteiger charge is -2.17. The molecule has 6 nitrogen and oxygen atoms in total. The maximum Gasteiger partial charge on any atom is 0.337 e. The summed E-state index contributed by atoms with van der Waals surface area (Å²) in [4.78, 5) is 11.2. The second kappa shape index (κ2) is 6.96. The molecule has 0 amide bonds. The number of methoxy groups -OCH3 is 2. The van der Waals surface area contributed by atoms with Crippen LogP contribution in [0, 0.1) is 0 Å². The van der Waals surface area contributed by atoms with E-state index >= 15 is 0 Å². The molecule has 0 radical (unpaired) electrons. The highest BCUT2D eigenvalue weighted by atomic mass is 16.5. The molecule has 0 bridgehead atoms. The van der Waals surface area contributed by atoms with Gasteiger partial charge in [-0.3, -0.25) is 0 Å². The molecule has 0 fully saturated rings. The average molecular weight is 270 g/mol. The number of aliphatic hydroxyl groups is 2. The van der Waals surface area contributed by atoms with Gasteiger partial charge in [0.15, 0.2) is 17.6 Å². The van der Waals surface area contributed by atoms with E-state index in [4.69, 9.17) is 9.47 Å². The summed E-state index contributed by atoms with van der Waals surface area (Å²) in [6, 6.07) is 4.65. The first kappa shape index (κ1) is 15.3. The highest BCUT2D eigenvalue weighted by Gasteiger charge is 2.27. The quantitative estimate of drug-likeness (QED) is 0.739. The van der Waals surface area contributed by atoms with E-state index in [0.717, 1.165) is 7.11 Å². The van der Waals surface area contributed by atoms with Crippen molar-refractivity contribution in [3.05, 3.63) is 23.8 Å². The summed E-state index contributed by atoms with van der Waals surface area (Å²) in [5.41, 5.74) is 0.332. The first-order valence-corrected chi connectivity index (χ1v) is 5.79. The Morgan fingerprint density at radius 3 is 2.47 bits per heavy atom.